The van der Waals surface area contributed by atoms with Crippen LogP contribution in [0.1, 0.15) is 38.0 Å². The van der Waals surface area contributed by atoms with E-state index in [2.05, 4.69) is 4.98 Å². The number of hydroxylamine groups is 1. The number of rotatable bonds is 8. The van der Waals surface area contributed by atoms with Crippen molar-refractivity contribution in [1.82, 2.24) is 14.4 Å². The maximum atomic E-state index is 12.0. The van der Waals surface area contributed by atoms with E-state index in [9.17, 15) is 24.2 Å². The number of nitrogens with one attached hydrogen (secondary N) is 1. The van der Waals surface area contributed by atoms with E-state index in [1.165, 1.54) is 10.8 Å². The van der Waals surface area contributed by atoms with Gasteiger partial charge in [0, 0.05) is 18.2 Å². The molecule has 2 unspecified atom stereocenters. The third-order valence-corrected chi connectivity index (χ3v) is 4.64. The van der Waals surface area contributed by atoms with Crippen LogP contribution in [0.4, 0.5) is 0 Å². The Labute approximate surface area is 144 Å². The molecule has 2 heterocycles. The molecule has 0 bridgehead atoms. The highest BCUT2D eigenvalue weighted by Crippen LogP contribution is 2.33. The topological polar surface area (TPSA) is 134 Å². The van der Waals surface area contributed by atoms with Gasteiger partial charge in [-0.1, -0.05) is 13.3 Å². The van der Waals surface area contributed by atoms with Gasteiger partial charge >= 0.3 is 13.9 Å². The molecule has 3 N–H and O–H groups in total. The lowest BCUT2D eigenvalue weighted by Gasteiger charge is -2.17. The molecule has 11 heteroatoms. The summed E-state index contributed by atoms with van der Waals surface area (Å²) in [4.78, 5) is 41.5. The van der Waals surface area contributed by atoms with Crippen LogP contribution in [-0.2, 0) is 14.1 Å². The van der Waals surface area contributed by atoms with Crippen molar-refractivity contribution in [2.45, 2.75) is 51.5 Å². The van der Waals surface area contributed by atoms with E-state index < -0.39 is 37.9 Å². The van der Waals surface area contributed by atoms with Crippen molar-refractivity contribution in [1.29, 1.82) is 0 Å². The van der Waals surface area contributed by atoms with E-state index in [0.717, 1.165) is 11.3 Å². The molecule has 0 radical (unpaired) electrons. The first-order valence-corrected chi connectivity index (χ1v) is 9.22. The summed E-state index contributed by atoms with van der Waals surface area (Å²) < 4.78 is 18.3. The summed E-state index contributed by atoms with van der Waals surface area (Å²) in [5.41, 5.74) is -0.765. The number of nitrogens with zero attached hydrogens (tertiary/aromatic N) is 2. The molecule has 4 atom stereocenters. The molecular weight excluding hydrogens is 353 g/mol. The summed E-state index contributed by atoms with van der Waals surface area (Å²) in [6.07, 6.45) is 0.838. The highest BCUT2D eigenvalue weighted by atomic mass is 31.1. The minimum atomic E-state index is -2.69. The maximum absolute atomic E-state index is 12.0. The molecule has 0 amide bonds. The highest BCUT2D eigenvalue weighted by molar-refractivity contribution is 7.34. The third kappa shape index (κ3) is 4.81. The zero-order valence-corrected chi connectivity index (χ0v) is 15.0. The van der Waals surface area contributed by atoms with Crippen molar-refractivity contribution >= 4 is 8.18 Å². The second-order valence-corrected chi connectivity index (χ2v) is 6.80. The predicted octanol–water partition coefficient (Wildman–Crippen LogP) is 0.177. The van der Waals surface area contributed by atoms with Crippen LogP contribution < -0.4 is 11.2 Å². The molecule has 0 aliphatic carbocycles. The van der Waals surface area contributed by atoms with E-state index in [-0.39, 0.29) is 19.6 Å². The fourth-order valence-corrected chi connectivity index (χ4v) is 3.09. The number of H-pyrrole nitrogens is 1. The second-order valence-electron chi connectivity index (χ2n) is 5.85. The fourth-order valence-electron chi connectivity index (χ4n) is 2.57. The molecule has 1 aromatic rings. The monoisotopic (exact) mass is 376 g/mol. The lowest BCUT2D eigenvalue weighted by molar-refractivity contribution is -0.162. The molecule has 1 aliphatic heterocycles. The van der Waals surface area contributed by atoms with Crippen LogP contribution in [-0.4, -0.2) is 49.7 Å². The van der Waals surface area contributed by atoms with Crippen LogP contribution in [0.3, 0.4) is 0 Å². The van der Waals surface area contributed by atoms with Crippen molar-refractivity contribution in [2.75, 3.05) is 13.2 Å². The van der Waals surface area contributed by atoms with Gasteiger partial charge in [0.1, 0.15) is 18.4 Å². The van der Waals surface area contributed by atoms with Crippen LogP contribution >= 0.6 is 8.18 Å². The van der Waals surface area contributed by atoms with E-state index in [1.807, 2.05) is 6.92 Å². The Bertz CT molecular complexity index is 719. The summed E-state index contributed by atoms with van der Waals surface area (Å²) in [6.45, 7) is 3.39. The summed E-state index contributed by atoms with van der Waals surface area (Å²) in [7, 11) is -2.69. The van der Waals surface area contributed by atoms with Gasteiger partial charge in [0.05, 0.1) is 18.0 Å². The molecule has 1 fully saturated rings. The van der Waals surface area contributed by atoms with Crippen molar-refractivity contribution in [3.8, 4) is 0 Å². The van der Waals surface area contributed by atoms with Gasteiger partial charge < -0.3 is 9.84 Å². The number of ether oxygens (including phenoxy) is 1. The van der Waals surface area contributed by atoms with Gasteiger partial charge in [0.15, 0.2) is 0 Å². The van der Waals surface area contributed by atoms with Crippen LogP contribution in [0.25, 0.3) is 0 Å². The van der Waals surface area contributed by atoms with Crippen molar-refractivity contribution in [2.24, 2.45) is 0 Å². The smallest absolute Gasteiger partial charge is 0.394 e. The first-order chi connectivity index (χ1) is 11.9. The molecule has 1 aromatic heterocycles. The summed E-state index contributed by atoms with van der Waals surface area (Å²) in [5.74, 6) is 0. The zero-order chi connectivity index (χ0) is 18.6. The van der Waals surface area contributed by atoms with Gasteiger partial charge in [-0.05, 0) is 17.9 Å². The molecule has 1 saturated heterocycles. The van der Waals surface area contributed by atoms with Crippen molar-refractivity contribution in [3.63, 3.8) is 0 Å². The highest BCUT2D eigenvalue weighted by Gasteiger charge is 2.42. The van der Waals surface area contributed by atoms with E-state index in [4.69, 9.17) is 9.57 Å². The maximum Gasteiger partial charge on any atom is 0.639 e. The Morgan fingerprint density at radius 1 is 1.52 bits per heavy atom. The number of aryl methyl sites for hydroxylation is 1. The average Bonchev–Trinajstić information content (AvgIpc) is 2.97. The summed E-state index contributed by atoms with van der Waals surface area (Å²) >= 11 is 0. The molecule has 0 aromatic carbocycles. The minimum absolute atomic E-state index is 0.183. The molecule has 0 spiro atoms. The fraction of sp³-hybridized carbons (Fsp3) is 0.714. The van der Waals surface area contributed by atoms with Gasteiger partial charge in [-0.25, -0.2) is 4.79 Å². The van der Waals surface area contributed by atoms with Crippen LogP contribution in [0, 0.1) is 6.92 Å². The number of hydrogen-bond donors (Lipinski definition) is 3. The van der Waals surface area contributed by atoms with Crippen LogP contribution in [0.5, 0.6) is 0 Å². The number of unbranched alkanes of at least 4 members (excludes halogenated alkanes) is 1. The Morgan fingerprint density at radius 3 is 2.84 bits per heavy atom. The number of hydrogen-bond acceptors (Lipinski definition) is 6. The normalized spacial score (nSPS) is 24.0. The molecule has 1 aliphatic rings. The first kappa shape index (κ1) is 19.9. The standard InChI is InChI=1S/C14H22N3O7P/c1-3-4-5-17(25(21)22)24-10-6-12(23-11(10)8-18)16-7-9(2)13(19)15-14(16)20/h7,10-12,18H,3-6,8H2,1-2H3,(H-,15,19,20,21,22)/p+1/t10?,11-,12-/m1/s1. The number of aromatic nitrogens is 2. The van der Waals surface area contributed by atoms with Gasteiger partial charge in [-0.3, -0.25) is 19.2 Å². The molecule has 0 saturated carbocycles. The lowest BCUT2D eigenvalue weighted by atomic mass is 10.2. The largest absolute Gasteiger partial charge is 0.639 e. The summed E-state index contributed by atoms with van der Waals surface area (Å²) in [5, 5.41) is 9.49. The van der Waals surface area contributed by atoms with Gasteiger partial charge in [0.2, 0.25) is 0 Å². The number of aliphatic hydroxyl groups is 1. The quantitative estimate of drug-likeness (QED) is 0.432. The molecule has 10 nitrogen and oxygen atoms in total. The molecule has 140 valence electrons. The van der Waals surface area contributed by atoms with Gasteiger partial charge in [0.25, 0.3) is 5.56 Å². The van der Waals surface area contributed by atoms with Crippen molar-refractivity contribution in [3.05, 3.63) is 32.6 Å². The summed E-state index contributed by atoms with van der Waals surface area (Å²) in [6, 6.07) is 0. The second kappa shape index (κ2) is 8.79. The van der Waals surface area contributed by atoms with E-state index in [0.29, 0.717) is 12.0 Å². The molecule has 2 rings (SSSR count). The van der Waals surface area contributed by atoms with Crippen molar-refractivity contribution < 1.29 is 24.1 Å². The van der Waals surface area contributed by atoms with E-state index >= 15 is 0 Å². The minimum Gasteiger partial charge on any atom is -0.394 e. The third-order valence-electron chi connectivity index (χ3n) is 3.97. The Hall–Kier alpha value is -1.42. The predicted molar refractivity (Wildman–Crippen MR) is 88.0 cm³/mol. The Balaban J connectivity index is 2.17. The SMILES string of the molecule is CCCCN(OC1C[C@H](n2cc(C)c(=O)[nH]c2=O)O[C@@H]1CO)[P+](=O)O. The number of aromatic amines is 1. The first-order valence-electron chi connectivity index (χ1n) is 8.06. The molecule has 25 heavy (non-hydrogen) atoms. The Kier molecular flexibility index (Phi) is 7.00. The van der Waals surface area contributed by atoms with Crippen LogP contribution in [0.2, 0.25) is 0 Å². The lowest BCUT2D eigenvalue weighted by Crippen LogP contribution is -2.33. The van der Waals surface area contributed by atoms with Gasteiger partial charge in [-0.2, -0.15) is 0 Å². The zero-order valence-electron chi connectivity index (χ0n) is 14.1. The number of aliphatic hydroxyl groups excluding tert-OH is 1. The Morgan fingerprint density at radius 2 is 2.24 bits per heavy atom. The average molecular weight is 376 g/mol. The van der Waals surface area contributed by atoms with Crippen LogP contribution in [0.15, 0.2) is 15.8 Å². The van der Waals surface area contributed by atoms with E-state index in [1.54, 1.807) is 6.92 Å². The van der Waals surface area contributed by atoms with Gasteiger partial charge in [-0.15, -0.1) is 4.89 Å². The molecular formula is C14H23N3O7P+.